The molecule has 0 saturated carbocycles. The number of likely N-dealkylation sites (tertiary alicyclic amines) is 1. The van der Waals surface area contributed by atoms with Gasteiger partial charge < -0.3 is 9.47 Å². The Bertz CT molecular complexity index is 717. The first-order valence-electron chi connectivity index (χ1n) is 9.03. The van der Waals surface area contributed by atoms with E-state index in [1.54, 1.807) is 11.8 Å². The van der Waals surface area contributed by atoms with E-state index < -0.39 is 0 Å². The summed E-state index contributed by atoms with van der Waals surface area (Å²) < 4.78 is 2.29. The summed E-state index contributed by atoms with van der Waals surface area (Å²) in [6, 6.07) is 7.91. The first-order valence-corrected chi connectivity index (χ1v) is 10.3. The average molecular weight is 358 g/mol. The predicted octanol–water partition coefficient (Wildman–Crippen LogP) is 4.28. The highest BCUT2D eigenvalue weighted by Crippen LogP contribution is 2.25. The SMILES string of the molecule is CSc1ccccc1C(=O)N1CCC(Cn2ccnc2C(C)C)CC1. The summed E-state index contributed by atoms with van der Waals surface area (Å²) in [6.07, 6.45) is 8.12. The number of amides is 1. The monoisotopic (exact) mass is 357 g/mol. The van der Waals surface area contributed by atoms with Gasteiger partial charge in [0, 0.05) is 42.8 Å². The number of aromatic nitrogens is 2. The molecule has 0 aliphatic carbocycles. The Morgan fingerprint density at radius 3 is 2.68 bits per heavy atom. The highest BCUT2D eigenvalue weighted by Gasteiger charge is 2.25. The Balaban J connectivity index is 1.60. The molecule has 0 bridgehead atoms. The third kappa shape index (κ3) is 4.09. The Labute approximate surface area is 154 Å². The Morgan fingerprint density at radius 1 is 1.28 bits per heavy atom. The molecule has 1 fully saturated rings. The fourth-order valence-corrected chi connectivity index (χ4v) is 4.15. The van der Waals surface area contributed by atoms with Crippen LogP contribution in [0.4, 0.5) is 0 Å². The van der Waals surface area contributed by atoms with E-state index in [0.29, 0.717) is 11.8 Å². The first-order chi connectivity index (χ1) is 12.1. The molecule has 0 N–H and O–H groups in total. The van der Waals surface area contributed by atoms with Gasteiger partial charge in [-0.15, -0.1) is 11.8 Å². The maximum Gasteiger partial charge on any atom is 0.254 e. The van der Waals surface area contributed by atoms with Crippen molar-refractivity contribution in [3.05, 3.63) is 48.0 Å². The van der Waals surface area contributed by atoms with Crippen LogP contribution in [0, 0.1) is 5.92 Å². The normalized spacial score (nSPS) is 15.8. The van der Waals surface area contributed by atoms with Crippen LogP contribution >= 0.6 is 11.8 Å². The van der Waals surface area contributed by atoms with Crippen molar-refractivity contribution in [1.82, 2.24) is 14.5 Å². The van der Waals surface area contributed by atoms with Crippen LogP contribution in [0.2, 0.25) is 0 Å². The van der Waals surface area contributed by atoms with Gasteiger partial charge in [-0.25, -0.2) is 4.98 Å². The van der Waals surface area contributed by atoms with Crippen molar-refractivity contribution in [3.8, 4) is 0 Å². The molecule has 1 aromatic heterocycles. The molecule has 4 nitrogen and oxygen atoms in total. The van der Waals surface area contributed by atoms with Crippen LogP contribution in [0.5, 0.6) is 0 Å². The minimum atomic E-state index is 0.175. The maximum atomic E-state index is 12.8. The first kappa shape index (κ1) is 18.1. The second kappa shape index (κ2) is 8.09. The molecule has 1 amide bonds. The zero-order chi connectivity index (χ0) is 17.8. The van der Waals surface area contributed by atoms with Gasteiger partial charge in [-0.3, -0.25) is 4.79 Å². The van der Waals surface area contributed by atoms with Gasteiger partial charge in [0.05, 0.1) is 5.56 Å². The van der Waals surface area contributed by atoms with E-state index in [9.17, 15) is 4.79 Å². The molecule has 2 heterocycles. The highest BCUT2D eigenvalue weighted by atomic mass is 32.2. The lowest BCUT2D eigenvalue weighted by Crippen LogP contribution is -2.39. The molecule has 25 heavy (non-hydrogen) atoms. The van der Waals surface area contributed by atoms with Gasteiger partial charge in [-0.2, -0.15) is 0 Å². The summed E-state index contributed by atoms with van der Waals surface area (Å²) in [5.74, 6) is 2.40. The Morgan fingerprint density at radius 2 is 2.00 bits per heavy atom. The van der Waals surface area contributed by atoms with E-state index in [1.807, 2.05) is 41.6 Å². The van der Waals surface area contributed by atoms with Crippen molar-refractivity contribution in [2.24, 2.45) is 5.92 Å². The molecule has 1 aromatic carbocycles. The zero-order valence-corrected chi connectivity index (χ0v) is 16.1. The Kier molecular flexibility index (Phi) is 5.84. The number of thioether (sulfide) groups is 1. The fraction of sp³-hybridized carbons (Fsp3) is 0.500. The molecule has 0 spiro atoms. The summed E-state index contributed by atoms with van der Waals surface area (Å²) in [7, 11) is 0. The molecule has 0 atom stereocenters. The topological polar surface area (TPSA) is 38.1 Å². The minimum Gasteiger partial charge on any atom is -0.339 e. The van der Waals surface area contributed by atoms with E-state index in [2.05, 4.69) is 29.6 Å². The molecule has 1 saturated heterocycles. The van der Waals surface area contributed by atoms with E-state index in [4.69, 9.17) is 0 Å². The number of hydrogen-bond acceptors (Lipinski definition) is 3. The van der Waals surface area contributed by atoms with Crippen molar-refractivity contribution in [2.75, 3.05) is 19.3 Å². The van der Waals surface area contributed by atoms with Crippen molar-refractivity contribution < 1.29 is 4.79 Å². The third-order valence-corrected chi connectivity index (χ3v) is 5.75. The number of benzene rings is 1. The maximum absolute atomic E-state index is 12.8. The quantitative estimate of drug-likeness (QED) is 0.750. The molecule has 1 aliphatic heterocycles. The van der Waals surface area contributed by atoms with Gasteiger partial charge in [-0.1, -0.05) is 26.0 Å². The Hall–Kier alpha value is -1.75. The van der Waals surface area contributed by atoms with Crippen molar-refractivity contribution in [3.63, 3.8) is 0 Å². The standard InChI is InChI=1S/C20H27N3OS/c1-15(2)19-21-10-13-23(19)14-16-8-11-22(12-9-16)20(24)17-6-4-5-7-18(17)25-3/h4-7,10,13,15-16H,8-9,11-12,14H2,1-3H3. The van der Waals surface area contributed by atoms with Crippen LogP contribution in [-0.2, 0) is 6.54 Å². The lowest BCUT2D eigenvalue weighted by Gasteiger charge is -2.33. The van der Waals surface area contributed by atoms with E-state index in [-0.39, 0.29) is 5.91 Å². The molecule has 0 radical (unpaired) electrons. The number of hydrogen-bond donors (Lipinski definition) is 0. The summed E-state index contributed by atoms with van der Waals surface area (Å²) in [6.45, 7) is 7.07. The van der Waals surface area contributed by atoms with Crippen molar-refractivity contribution in [2.45, 2.75) is 44.0 Å². The van der Waals surface area contributed by atoms with Crippen LogP contribution in [0.3, 0.4) is 0 Å². The minimum absolute atomic E-state index is 0.175. The molecule has 134 valence electrons. The number of carbonyl (C=O) groups is 1. The third-order valence-electron chi connectivity index (χ3n) is 4.96. The van der Waals surface area contributed by atoms with Crippen LogP contribution in [0.25, 0.3) is 0 Å². The highest BCUT2D eigenvalue weighted by molar-refractivity contribution is 7.98. The zero-order valence-electron chi connectivity index (χ0n) is 15.3. The van der Waals surface area contributed by atoms with E-state index in [1.165, 1.54) is 0 Å². The number of nitrogens with zero attached hydrogens (tertiary/aromatic N) is 3. The average Bonchev–Trinajstić information content (AvgIpc) is 3.10. The molecule has 0 unspecified atom stereocenters. The van der Waals surface area contributed by atoms with Crippen LogP contribution in [0.15, 0.2) is 41.6 Å². The summed E-state index contributed by atoms with van der Waals surface area (Å²) in [5.41, 5.74) is 0.838. The largest absolute Gasteiger partial charge is 0.339 e. The molecule has 3 rings (SSSR count). The second-order valence-electron chi connectivity index (χ2n) is 7.03. The van der Waals surface area contributed by atoms with E-state index in [0.717, 1.165) is 48.8 Å². The lowest BCUT2D eigenvalue weighted by molar-refractivity contribution is 0.0679. The van der Waals surface area contributed by atoms with Gasteiger partial charge in [0.25, 0.3) is 5.91 Å². The second-order valence-corrected chi connectivity index (χ2v) is 7.88. The smallest absolute Gasteiger partial charge is 0.254 e. The van der Waals surface area contributed by atoms with Crippen molar-refractivity contribution in [1.29, 1.82) is 0 Å². The summed E-state index contributed by atoms with van der Waals surface area (Å²) in [4.78, 5) is 20.4. The van der Waals surface area contributed by atoms with Crippen LogP contribution < -0.4 is 0 Å². The van der Waals surface area contributed by atoms with Crippen LogP contribution in [0.1, 0.15) is 48.8 Å². The molecule has 1 aliphatic rings. The number of carbonyl (C=O) groups excluding carboxylic acids is 1. The number of rotatable bonds is 5. The van der Waals surface area contributed by atoms with E-state index >= 15 is 0 Å². The molecule has 2 aromatic rings. The van der Waals surface area contributed by atoms with Crippen LogP contribution in [-0.4, -0.2) is 39.7 Å². The van der Waals surface area contributed by atoms with Gasteiger partial charge in [0.2, 0.25) is 0 Å². The lowest BCUT2D eigenvalue weighted by atomic mass is 9.96. The molecule has 5 heteroatoms. The van der Waals surface area contributed by atoms with Crippen molar-refractivity contribution >= 4 is 17.7 Å². The van der Waals surface area contributed by atoms with Gasteiger partial charge in [-0.05, 0) is 37.1 Å². The molecular formula is C20H27N3OS. The predicted molar refractivity (Wildman–Crippen MR) is 103 cm³/mol. The number of imidazole rings is 1. The number of piperidine rings is 1. The van der Waals surface area contributed by atoms with Gasteiger partial charge in [0.15, 0.2) is 0 Å². The summed E-state index contributed by atoms with van der Waals surface area (Å²) >= 11 is 1.64. The molecular weight excluding hydrogens is 330 g/mol. The van der Waals surface area contributed by atoms with Gasteiger partial charge in [0.1, 0.15) is 5.82 Å². The fourth-order valence-electron chi connectivity index (χ4n) is 3.56. The van der Waals surface area contributed by atoms with Gasteiger partial charge >= 0.3 is 0 Å². The summed E-state index contributed by atoms with van der Waals surface area (Å²) in [5, 5.41) is 0.